The van der Waals surface area contributed by atoms with Crippen LogP contribution in [0.15, 0.2) is 0 Å². The molecule has 162 valence electrons. The van der Waals surface area contributed by atoms with E-state index in [2.05, 4.69) is 9.47 Å². The summed E-state index contributed by atoms with van der Waals surface area (Å²) >= 11 is 0. The van der Waals surface area contributed by atoms with Crippen molar-refractivity contribution in [1.29, 1.82) is 0 Å². The number of rotatable bonds is 8. The molecule has 26 heavy (non-hydrogen) atoms. The van der Waals surface area contributed by atoms with E-state index in [0.29, 0.717) is 6.42 Å². The van der Waals surface area contributed by atoms with Crippen LogP contribution in [0.1, 0.15) is 69.2 Å². The Kier molecular flexibility index (Phi) is 27.5. The van der Waals surface area contributed by atoms with Gasteiger partial charge in [-0.2, -0.15) is 0 Å². The number of hydrogen-bond donors (Lipinski definition) is 0. The molecular weight excluding hydrogens is 353 g/mol. The van der Waals surface area contributed by atoms with Gasteiger partial charge in [-0.1, -0.05) is 28.7 Å². The summed E-state index contributed by atoms with van der Waals surface area (Å²) in [5.74, 6) is -0.528. The molecule has 0 saturated heterocycles. The van der Waals surface area contributed by atoms with Crippen LogP contribution in [0.2, 0.25) is 0 Å². The third kappa shape index (κ3) is 17.5. The SMILES string of the molecule is C.C.CCC(C)(C)C(=O)OCCF.CCC(C)(C)C(=O)OCOC.FF. The van der Waals surface area contributed by atoms with Crippen LogP contribution in [-0.2, 0) is 23.8 Å². The van der Waals surface area contributed by atoms with Gasteiger partial charge < -0.3 is 14.2 Å². The fraction of sp³-hybridized carbons (Fsp3) is 0.889. The second-order valence-electron chi connectivity index (χ2n) is 6.14. The van der Waals surface area contributed by atoms with Gasteiger partial charge in [0.25, 0.3) is 0 Å². The second kappa shape index (κ2) is 20.0. The predicted molar refractivity (Wildman–Crippen MR) is 98.7 cm³/mol. The molecule has 0 amide bonds. The van der Waals surface area contributed by atoms with Crippen molar-refractivity contribution in [3.05, 3.63) is 0 Å². The van der Waals surface area contributed by atoms with Crippen LogP contribution < -0.4 is 0 Å². The van der Waals surface area contributed by atoms with Crippen molar-refractivity contribution in [2.75, 3.05) is 27.2 Å². The zero-order valence-electron chi connectivity index (χ0n) is 15.7. The number of ether oxygens (including phenoxy) is 3. The molecular formula is C18H39F3O5. The van der Waals surface area contributed by atoms with Crippen LogP contribution >= 0.6 is 0 Å². The Balaban J connectivity index is -0.0000000962. The summed E-state index contributed by atoms with van der Waals surface area (Å²) in [4.78, 5) is 22.2. The number of methoxy groups -OCH3 is 1. The van der Waals surface area contributed by atoms with Gasteiger partial charge in [0.05, 0.1) is 10.8 Å². The first-order chi connectivity index (χ1) is 11.1. The normalized spacial score (nSPS) is 9.77. The molecule has 0 fully saturated rings. The van der Waals surface area contributed by atoms with Crippen LogP contribution in [0.5, 0.6) is 0 Å². The molecule has 0 aliphatic heterocycles. The lowest BCUT2D eigenvalue weighted by Crippen LogP contribution is -2.26. The lowest BCUT2D eigenvalue weighted by atomic mass is 9.91. The minimum absolute atomic E-state index is 0. The summed E-state index contributed by atoms with van der Waals surface area (Å²) in [6.45, 7) is 10.4. The Labute approximate surface area is 157 Å². The smallest absolute Gasteiger partial charge is 0.313 e. The highest BCUT2D eigenvalue weighted by Gasteiger charge is 2.27. The topological polar surface area (TPSA) is 61.8 Å². The molecule has 0 N–H and O–H groups in total. The van der Waals surface area contributed by atoms with Gasteiger partial charge in [0.2, 0.25) is 0 Å². The summed E-state index contributed by atoms with van der Waals surface area (Å²) in [6, 6.07) is 0. The van der Waals surface area contributed by atoms with E-state index in [9.17, 15) is 14.0 Å². The monoisotopic (exact) mass is 392 g/mol. The molecule has 0 aromatic rings. The first-order valence-corrected chi connectivity index (χ1v) is 7.62. The quantitative estimate of drug-likeness (QED) is 0.396. The molecule has 0 radical (unpaired) electrons. The van der Waals surface area contributed by atoms with Crippen LogP contribution in [-0.4, -0.2) is 39.1 Å². The minimum Gasteiger partial charge on any atom is -0.462 e. The van der Waals surface area contributed by atoms with Crippen LogP contribution in [0, 0.1) is 10.8 Å². The molecule has 5 nitrogen and oxygen atoms in total. The van der Waals surface area contributed by atoms with Gasteiger partial charge >= 0.3 is 11.9 Å². The van der Waals surface area contributed by atoms with Gasteiger partial charge in [0, 0.05) is 16.3 Å². The minimum atomic E-state index is -0.606. The zero-order valence-corrected chi connectivity index (χ0v) is 15.7. The fourth-order valence-corrected chi connectivity index (χ4v) is 0.923. The summed E-state index contributed by atoms with van der Waals surface area (Å²) in [6.07, 6.45) is 1.48. The largest absolute Gasteiger partial charge is 0.462 e. The van der Waals surface area contributed by atoms with Crippen LogP contribution in [0.3, 0.4) is 0 Å². The molecule has 0 aromatic heterocycles. The number of esters is 2. The number of hydrogen-bond acceptors (Lipinski definition) is 5. The molecule has 0 unspecified atom stereocenters. The van der Waals surface area contributed by atoms with Crippen molar-refractivity contribution < 1.29 is 37.3 Å². The maximum Gasteiger partial charge on any atom is 0.313 e. The molecule has 0 atom stereocenters. The Morgan fingerprint density at radius 3 is 1.46 bits per heavy atom. The van der Waals surface area contributed by atoms with E-state index in [1.807, 2.05) is 27.7 Å². The third-order valence-electron chi connectivity index (χ3n) is 3.49. The number of carbonyl (C=O) groups excluding carboxylic acids is 2. The standard InChI is InChI=1S/C8H15FO2.C8H16O3.2CH4.F2/c1-4-8(2,3)7(10)11-6-5-9;1-5-8(2,3)7(9)11-6-10-4;;;1-2/h4-6H2,1-3H3;5-6H2,1-4H3;2*1H4;. The summed E-state index contributed by atoms with van der Waals surface area (Å²) in [7, 11) is 1.49. The Hall–Kier alpha value is -1.31. The van der Waals surface area contributed by atoms with Crippen molar-refractivity contribution in [1.82, 2.24) is 0 Å². The van der Waals surface area contributed by atoms with Crippen molar-refractivity contribution in [2.45, 2.75) is 69.2 Å². The molecule has 0 saturated carbocycles. The van der Waals surface area contributed by atoms with Crippen molar-refractivity contribution in [2.24, 2.45) is 10.8 Å². The first kappa shape index (κ1) is 35.7. The molecule has 0 aliphatic rings. The Bertz CT molecular complexity index is 303. The number of carbonyl (C=O) groups is 2. The third-order valence-corrected chi connectivity index (χ3v) is 3.49. The van der Waals surface area contributed by atoms with Gasteiger partial charge in [-0.3, -0.25) is 9.59 Å². The summed E-state index contributed by atoms with van der Waals surface area (Å²) in [5.41, 5.74) is -0.867. The summed E-state index contributed by atoms with van der Waals surface area (Å²) in [5, 5.41) is 0. The molecule has 0 aromatic carbocycles. The van der Waals surface area contributed by atoms with E-state index in [0.717, 1.165) is 6.42 Å². The zero-order chi connectivity index (χ0) is 19.8. The first-order valence-electron chi connectivity index (χ1n) is 7.62. The van der Waals surface area contributed by atoms with Crippen molar-refractivity contribution in [3.8, 4) is 0 Å². The van der Waals surface area contributed by atoms with Gasteiger partial charge in [-0.15, -0.1) is 0 Å². The molecule has 0 rings (SSSR count). The van der Waals surface area contributed by atoms with Gasteiger partial charge in [0.1, 0.15) is 13.3 Å². The van der Waals surface area contributed by atoms with E-state index in [4.69, 9.17) is 13.9 Å². The predicted octanol–water partition coefficient (Wildman–Crippen LogP) is 5.62. The second-order valence-corrected chi connectivity index (χ2v) is 6.14. The number of alkyl halides is 1. The molecule has 0 aliphatic carbocycles. The van der Waals surface area contributed by atoms with E-state index in [1.54, 1.807) is 13.8 Å². The van der Waals surface area contributed by atoms with Gasteiger partial charge in [0.15, 0.2) is 6.79 Å². The van der Waals surface area contributed by atoms with Crippen molar-refractivity contribution in [3.63, 3.8) is 0 Å². The fourth-order valence-electron chi connectivity index (χ4n) is 0.923. The van der Waals surface area contributed by atoms with Crippen LogP contribution in [0.4, 0.5) is 13.5 Å². The van der Waals surface area contributed by atoms with Gasteiger partial charge in [-0.05, 0) is 40.5 Å². The lowest BCUT2D eigenvalue weighted by Gasteiger charge is -2.19. The maximum atomic E-state index is 11.6. The highest BCUT2D eigenvalue weighted by molar-refractivity contribution is 5.76. The molecule has 8 heteroatoms. The van der Waals surface area contributed by atoms with Crippen molar-refractivity contribution >= 4 is 11.9 Å². The van der Waals surface area contributed by atoms with E-state index in [-0.39, 0.29) is 40.2 Å². The lowest BCUT2D eigenvalue weighted by molar-refractivity contribution is -0.164. The molecule has 0 bridgehead atoms. The van der Waals surface area contributed by atoms with Crippen LogP contribution in [0.25, 0.3) is 0 Å². The van der Waals surface area contributed by atoms with E-state index >= 15 is 0 Å². The summed E-state index contributed by atoms with van der Waals surface area (Å²) < 4.78 is 41.6. The average molecular weight is 392 g/mol. The van der Waals surface area contributed by atoms with E-state index in [1.165, 1.54) is 7.11 Å². The maximum absolute atomic E-state index is 11.6. The van der Waals surface area contributed by atoms with E-state index < -0.39 is 17.5 Å². The highest BCUT2D eigenvalue weighted by Crippen LogP contribution is 2.21. The van der Waals surface area contributed by atoms with Gasteiger partial charge in [-0.25, -0.2) is 4.39 Å². The Morgan fingerprint density at radius 2 is 1.19 bits per heavy atom. The molecule has 0 spiro atoms. The Morgan fingerprint density at radius 1 is 0.846 bits per heavy atom. The number of halogens is 3. The molecule has 0 heterocycles. The average Bonchev–Trinajstić information content (AvgIpc) is 2.59. The highest BCUT2D eigenvalue weighted by atomic mass is 20.0.